The number of benzene rings is 2. The largest absolute Gasteiger partial charge is 0.328 e. The van der Waals surface area contributed by atoms with Gasteiger partial charge in [0, 0.05) is 12.2 Å². The summed E-state index contributed by atoms with van der Waals surface area (Å²) in [6, 6.07) is 18.2. The van der Waals surface area contributed by atoms with Crippen LogP contribution in [0.4, 0.5) is 10.5 Å². The zero-order valence-corrected chi connectivity index (χ0v) is 12.5. The van der Waals surface area contributed by atoms with E-state index in [9.17, 15) is 4.79 Å². The van der Waals surface area contributed by atoms with Crippen molar-refractivity contribution >= 4 is 11.7 Å². The van der Waals surface area contributed by atoms with E-state index in [0.717, 1.165) is 29.8 Å². The molecule has 0 saturated carbocycles. The van der Waals surface area contributed by atoms with Gasteiger partial charge < -0.3 is 5.32 Å². The third kappa shape index (κ3) is 2.64. The minimum Gasteiger partial charge on any atom is -0.328 e. The molecule has 3 nitrogen and oxygen atoms in total. The molecule has 1 fully saturated rings. The first-order valence-electron chi connectivity index (χ1n) is 7.30. The zero-order valence-electron chi connectivity index (χ0n) is 12.5. The maximum atomic E-state index is 12.5. The van der Waals surface area contributed by atoms with Crippen molar-refractivity contribution in [3.05, 3.63) is 65.7 Å². The lowest BCUT2D eigenvalue weighted by Gasteiger charge is -2.40. The lowest BCUT2D eigenvalue weighted by Crippen LogP contribution is -2.56. The Morgan fingerprint density at radius 3 is 2.52 bits per heavy atom. The number of carbonyl (C=O) groups is 1. The third-order valence-corrected chi connectivity index (χ3v) is 4.19. The molecule has 1 atom stereocenters. The van der Waals surface area contributed by atoms with Crippen molar-refractivity contribution in [1.29, 1.82) is 0 Å². The van der Waals surface area contributed by atoms with Gasteiger partial charge in [-0.05, 0) is 43.5 Å². The van der Waals surface area contributed by atoms with Crippen LogP contribution in [0.2, 0.25) is 0 Å². The highest BCUT2D eigenvalue weighted by molar-refractivity contribution is 5.93. The highest BCUT2D eigenvalue weighted by Crippen LogP contribution is 2.30. The quantitative estimate of drug-likeness (QED) is 0.891. The van der Waals surface area contributed by atoms with Gasteiger partial charge in [0.1, 0.15) is 0 Å². The van der Waals surface area contributed by atoms with Crippen LogP contribution in [0.1, 0.15) is 24.5 Å². The van der Waals surface area contributed by atoms with Crippen LogP contribution in [0, 0.1) is 6.92 Å². The fourth-order valence-electron chi connectivity index (χ4n) is 2.87. The molecule has 0 radical (unpaired) electrons. The summed E-state index contributed by atoms with van der Waals surface area (Å²) in [5, 5.41) is 3.16. The number of hydrogen-bond donors (Lipinski definition) is 1. The number of carbonyl (C=O) groups excluding carboxylic acids is 1. The van der Waals surface area contributed by atoms with E-state index >= 15 is 0 Å². The standard InChI is InChI=1S/C18H20N2O/c1-14-7-6-10-16(13-14)20-12-11-18(2,19-17(20)21)15-8-4-3-5-9-15/h3-10,13H,11-12H2,1-2H3,(H,19,21)/t18-/m1/s1. The highest BCUT2D eigenvalue weighted by Gasteiger charge is 2.35. The molecule has 0 spiro atoms. The lowest BCUT2D eigenvalue weighted by molar-refractivity contribution is 0.220. The molecule has 2 aromatic carbocycles. The van der Waals surface area contributed by atoms with Crippen LogP contribution >= 0.6 is 0 Å². The van der Waals surface area contributed by atoms with Gasteiger partial charge in [-0.2, -0.15) is 0 Å². The number of rotatable bonds is 2. The first-order valence-corrected chi connectivity index (χ1v) is 7.30. The summed E-state index contributed by atoms with van der Waals surface area (Å²) in [5.41, 5.74) is 2.99. The van der Waals surface area contributed by atoms with Crippen LogP contribution < -0.4 is 10.2 Å². The third-order valence-electron chi connectivity index (χ3n) is 4.19. The van der Waals surface area contributed by atoms with E-state index in [1.807, 2.05) is 54.3 Å². The lowest BCUT2D eigenvalue weighted by atomic mass is 9.87. The number of anilines is 1. The van der Waals surface area contributed by atoms with Gasteiger partial charge in [-0.15, -0.1) is 0 Å². The van der Waals surface area contributed by atoms with Crippen molar-refractivity contribution in [2.75, 3.05) is 11.4 Å². The molecular formula is C18H20N2O. The molecule has 21 heavy (non-hydrogen) atoms. The van der Waals surface area contributed by atoms with Gasteiger partial charge in [-0.1, -0.05) is 42.5 Å². The Labute approximate surface area is 125 Å². The Morgan fingerprint density at radius 2 is 1.86 bits per heavy atom. The maximum absolute atomic E-state index is 12.5. The second-order valence-electron chi connectivity index (χ2n) is 5.87. The van der Waals surface area contributed by atoms with E-state index in [1.54, 1.807) is 0 Å². The number of urea groups is 1. The predicted molar refractivity (Wildman–Crippen MR) is 85.5 cm³/mol. The first kappa shape index (κ1) is 13.7. The van der Waals surface area contributed by atoms with Gasteiger partial charge in [0.25, 0.3) is 0 Å². The molecule has 0 unspecified atom stereocenters. The summed E-state index contributed by atoms with van der Waals surface area (Å²) in [6.45, 7) is 4.86. The van der Waals surface area contributed by atoms with E-state index in [1.165, 1.54) is 0 Å². The monoisotopic (exact) mass is 280 g/mol. The Kier molecular flexibility index (Phi) is 3.42. The van der Waals surface area contributed by atoms with Gasteiger partial charge in [-0.25, -0.2) is 4.79 Å². The fraction of sp³-hybridized carbons (Fsp3) is 0.278. The van der Waals surface area contributed by atoms with Gasteiger partial charge in [0.2, 0.25) is 0 Å². The molecule has 2 amide bonds. The summed E-state index contributed by atoms with van der Waals surface area (Å²) in [6.07, 6.45) is 0.886. The van der Waals surface area contributed by atoms with Crippen LogP contribution in [-0.4, -0.2) is 12.6 Å². The van der Waals surface area contributed by atoms with Gasteiger partial charge >= 0.3 is 6.03 Å². The number of nitrogens with one attached hydrogen (secondary N) is 1. The molecule has 3 rings (SSSR count). The molecule has 1 N–H and O–H groups in total. The number of amides is 2. The van der Waals surface area contributed by atoms with E-state index in [-0.39, 0.29) is 11.6 Å². The van der Waals surface area contributed by atoms with Gasteiger partial charge in [0.15, 0.2) is 0 Å². The molecule has 0 aliphatic carbocycles. The normalized spacial score (nSPS) is 22.0. The highest BCUT2D eigenvalue weighted by atomic mass is 16.2. The van der Waals surface area contributed by atoms with Crippen molar-refractivity contribution in [1.82, 2.24) is 5.32 Å². The van der Waals surface area contributed by atoms with Crippen molar-refractivity contribution in [2.24, 2.45) is 0 Å². The number of aryl methyl sites for hydroxylation is 1. The Balaban J connectivity index is 1.83. The van der Waals surface area contributed by atoms with E-state index in [2.05, 4.69) is 24.4 Å². The number of hydrogen-bond acceptors (Lipinski definition) is 1. The molecule has 1 heterocycles. The first-order chi connectivity index (χ1) is 10.1. The summed E-state index contributed by atoms with van der Waals surface area (Å²) in [4.78, 5) is 14.3. The van der Waals surface area contributed by atoms with Crippen molar-refractivity contribution in [3.63, 3.8) is 0 Å². The van der Waals surface area contributed by atoms with Gasteiger partial charge in [0.05, 0.1) is 5.54 Å². The van der Waals surface area contributed by atoms with E-state index in [0.29, 0.717) is 0 Å². The van der Waals surface area contributed by atoms with Crippen LogP contribution in [0.15, 0.2) is 54.6 Å². The molecule has 0 aromatic heterocycles. The van der Waals surface area contributed by atoms with Crippen molar-refractivity contribution < 1.29 is 4.79 Å². The topological polar surface area (TPSA) is 32.3 Å². The summed E-state index contributed by atoms with van der Waals surface area (Å²) < 4.78 is 0. The Hall–Kier alpha value is -2.29. The molecular weight excluding hydrogens is 260 g/mol. The van der Waals surface area contributed by atoms with E-state index < -0.39 is 0 Å². The minimum atomic E-state index is -0.293. The molecule has 0 bridgehead atoms. The number of nitrogens with zero attached hydrogens (tertiary/aromatic N) is 1. The van der Waals surface area contributed by atoms with Crippen LogP contribution in [-0.2, 0) is 5.54 Å². The Bertz CT molecular complexity index is 653. The van der Waals surface area contributed by atoms with Crippen LogP contribution in [0.3, 0.4) is 0 Å². The van der Waals surface area contributed by atoms with Crippen molar-refractivity contribution in [3.8, 4) is 0 Å². The molecule has 3 heteroatoms. The van der Waals surface area contributed by atoms with E-state index in [4.69, 9.17) is 0 Å². The maximum Gasteiger partial charge on any atom is 0.322 e. The summed E-state index contributed by atoms with van der Waals surface area (Å²) in [7, 11) is 0. The van der Waals surface area contributed by atoms with Crippen LogP contribution in [0.25, 0.3) is 0 Å². The average Bonchev–Trinajstić information content (AvgIpc) is 2.48. The fourth-order valence-corrected chi connectivity index (χ4v) is 2.87. The zero-order chi connectivity index (χ0) is 14.9. The second-order valence-corrected chi connectivity index (χ2v) is 5.87. The molecule has 108 valence electrons. The molecule has 2 aromatic rings. The smallest absolute Gasteiger partial charge is 0.322 e. The SMILES string of the molecule is Cc1cccc(N2CC[C@](C)(c3ccccc3)NC2=O)c1. The molecule has 1 aliphatic rings. The molecule has 1 aliphatic heterocycles. The average molecular weight is 280 g/mol. The minimum absolute atomic E-state index is 0.0294. The summed E-state index contributed by atoms with van der Waals surface area (Å²) in [5.74, 6) is 0. The van der Waals surface area contributed by atoms with Crippen LogP contribution in [0.5, 0.6) is 0 Å². The Morgan fingerprint density at radius 1 is 1.10 bits per heavy atom. The van der Waals surface area contributed by atoms with Crippen molar-refractivity contribution in [2.45, 2.75) is 25.8 Å². The predicted octanol–water partition coefficient (Wildman–Crippen LogP) is 3.83. The molecule has 1 saturated heterocycles. The summed E-state index contributed by atoms with van der Waals surface area (Å²) >= 11 is 0. The second kappa shape index (κ2) is 5.24. The van der Waals surface area contributed by atoms with Gasteiger partial charge in [-0.3, -0.25) is 4.90 Å².